The first-order chi connectivity index (χ1) is 13.1. The average molecular weight is 381 g/mol. The summed E-state index contributed by atoms with van der Waals surface area (Å²) in [7, 11) is 0. The summed E-state index contributed by atoms with van der Waals surface area (Å²) in [5, 5.41) is 5.70. The number of aromatic nitrogens is 2. The van der Waals surface area contributed by atoms with E-state index in [1.54, 1.807) is 40.8 Å². The number of anilines is 1. The second-order valence-electron chi connectivity index (χ2n) is 5.58. The lowest BCUT2D eigenvalue weighted by atomic mass is 10.1. The van der Waals surface area contributed by atoms with Crippen LogP contribution in [0.25, 0.3) is 11.7 Å². The van der Waals surface area contributed by atoms with Crippen LogP contribution in [-0.2, 0) is 4.79 Å². The largest absolute Gasteiger partial charge is 0.349 e. The number of hydrogen-bond acceptors (Lipinski definition) is 3. The van der Waals surface area contributed by atoms with Crippen molar-refractivity contribution in [3.63, 3.8) is 0 Å². The van der Waals surface area contributed by atoms with E-state index in [1.165, 1.54) is 6.08 Å². The Bertz CT molecular complexity index is 1040. The second-order valence-corrected chi connectivity index (χ2v) is 5.94. The monoisotopic (exact) mass is 380 g/mol. The zero-order valence-electron chi connectivity index (χ0n) is 14.4. The highest BCUT2D eigenvalue weighted by Gasteiger charge is 2.12. The van der Waals surface area contributed by atoms with Crippen LogP contribution in [0.2, 0.25) is 5.15 Å². The zero-order valence-corrected chi connectivity index (χ0v) is 15.1. The van der Waals surface area contributed by atoms with E-state index in [-0.39, 0.29) is 11.8 Å². The number of imidazole rings is 1. The van der Waals surface area contributed by atoms with Gasteiger partial charge in [-0.3, -0.25) is 14.0 Å². The molecule has 2 aromatic heterocycles. The number of benzene rings is 1. The van der Waals surface area contributed by atoms with E-state index >= 15 is 0 Å². The van der Waals surface area contributed by atoms with Crippen LogP contribution in [0.3, 0.4) is 0 Å². The van der Waals surface area contributed by atoms with Crippen molar-refractivity contribution < 1.29 is 9.59 Å². The molecule has 6 nitrogen and oxygen atoms in total. The summed E-state index contributed by atoms with van der Waals surface area (Å²) in [6.07, 6.45) is 6.32. The summed E-state index contributed by atoms with van der Waals surface area (Å²) in [4.78, 5) is 28.7. The minimum Gasteiger partial charge on any atom is -0.349 e. The van der Waals surface area contributed by atoms with Crippen LogP contribution in [0.1, 0.15) is 16.1 Å². The van der Waals surface area contributed by atoms with Crippen LogP contribution in [0.15, 0.2) is 67.4 Å². The van der Waals surface area contributed by atoms with Gasteiger partial charge in [-0.15, -0.1) is 6.58 Å². The molecule has 0 atom stereocenters. The first-order valence-electron chi connectivity index (χ1n) is 8.20. The predicted molar refractivity (Wildman–Crippen MR) is 107 cm³/mol. The molecular weight excluding hydrogens is 364 g/mol. The van der Waals surface area contributed by atoms with Crippen molar-refractivity contribution in [1.82, 2.24) is 14.7 Å². The Morgan fingerprint density at radius 1 is 1.19 bits per heavy atom. The second kappa shape index (κ2) is 8.33. The van der Waals surface area contributed by atoms with Crippen LogP contribution in [0.5, 0.6) is 0 Å². The third-order valence-corrected chi connectivity index (χ3v) is 4.03. The molecule has 2 N–H and O–H groups in total. The minimum atomic E-state index is -0.388. The Morgan fingerprint density at radius 2 is 1.96 bits per heavy atom. The number of halogens is 1. The van der Waals surface area contributed by atoms with Crippen LogP contribution in [0.4, 0.5) is 5.69 Å². The fourth-order valence-corrected chi connectivity index (χ4v) is 2.76. The van der Waals surface area contributed by atoms with E-state index in [2.05, 4.69) is 22.2 Å². The van der Waals surface area contributed by atoms with Gasteiger partial charge in [0.25, 0.3) is 5.91 Å². The van der Waals surface area contributed by atoms with Gasteiger partial charge < -0.3 is 10.6 Å². The molecule has 0 radical (unpaired) electrons. The van der Waals surface area contributed by atoms with Crippen LogP contribution in [-0.4, -0.2) is 27.7 Å². The first kappa shape index (κ1) is 18.4. The summed E-state index contributed by atoms with van der Waals surface area (Å²) in [5.41, 5.74) is 2.07. The molecule has 0 bridgehead atoms. The SMILES string of the molecule is C=CCNC(=O)c1ccccc1NC(=O)/C=C/c1c(Cl)nc2ccccn12. The Labute approximate surface area is 161 Å². The standard InChI is InChI=1S/C20H17ClN4O2/c1-2-12-22-20(27)14-7-3-4-8-15(14)23-18(26)11-10-16-19(21)24-17-9-5-6-13-25(16)17/h2-11,13H,1,12H2,(H,22,27)(H,23,26)/b11-10+. The van der Waals surface area contributed by atoms with Crippen molar-refractivity contribution in [2.75, 3.05) is 11.9 Å². The van der Waals surface area contributed by atoms with E-state index in [0.717, 1.165) is 0 Å². The Kier molecular flexibility index (Phi) is 5.68. The van der Waals surface area contributed by atoms with E-state index in [4.69, 9.17) is 11.6 Å². The van der Waals surface area contributed by atoms with Gasteiger partial charge in [0.05, 0.1) is 16.9 Å². The normalized spacial score (nSPS) is 10.9. The van der Waals surface area contributed by atoms with E-state index < -0.39 is 0 Å². The summed E-state index contributed by atoms with van der Waals surface area (Å²) >= 11 is 6.15. The van der Waals surface area contributed by atoms with Crippen molar-refractivity contribution in [3.8, 4) is 0 Å². The van der Waals surface area contributed by atoms with Crippen LogP contribution < -0.4 is 10.6 Å². The summed E-state index contributed by atoms with van der Waals surface area (Å²) < 4.78 is 1.78. The van der Waals surface area contributed by atoms with Gasteiger partial charge in [0.15, 0.2) is 5.15 Å². The highest BCUT2D eigenvalue weighted by molar-refractivity contribution is 6.31. The molecule has 1 aromatic carbocycles. The van der Waals surface area contributed by atoms with Crippen molar-refractivity contribution >= 4 is 40.8 Å². The maximum atomic E-state index is 12.3. The average Bonchev–Trinajstić information content (AvgIpc) is 3.00. The lowest BCUT2D eigenvalue weighted by molar-refractivity contribution is -0.111. The zero-order chi connectivity index (χ0) is 19.2. The summed E-state index contributed by atoms with van der Waals surface area (Å²) in [6.45, 7) is 3.90. The fraction of sp³-hybridized carbons (Fsp3) is 0.0500. The van der Waals surface area contributed by atoms with Crippen molar-refractivity contribution in [2.24, 2.45) is 0 Å². The first-order valence-corrected chi connectivity index (χ1v) is 8.57. The highest BCUT2D eigenvalue weighted by Crippen LogP contribution is 2.19. The molecule has 3 rings (SSSR count). The molecule has 0 aliphatic heterocycles. The number of nitrogens with one attached hydrogen (secondary N) is 2. The number of carbonyl (C=O) groups excluding carboxylic acids is 2. The number of nitrogens with zero attached hydrogens (tertiary/aromatic N) is 2. The lowest BCUT2D eigenvalue weighted by Gasteiger charge is -2.09. The predicted octanol–water partition coefficient (Wildman–Crippen LogP) is 3.56. The molecule has 0 aliphatic carbocycles. The smallest absolute Gasteiger partial charge is 0.253 e. The Hall–Kier alpha value is -3.38. The number of hydrogen-bond donors (Lipinski definition) is 2. The van der Waals surface area contributed by atoms with Gasteiger partial charge in [-0.2, -0.15) is 0 Å². The lowest BCUT2D eigenvalue weighted by Crippen LogP contribution is -2.24. The van der Waals surface area contributed by atoms with Gasteiger partial charge in [0, 0.05) is 18.8 Å². The molecule has 2 heterocycles. The van der Waals surface area contributed by atoms with Crippen molar-refractivity contribution in [2.45, 2.75) is 0 Å². The number of pyridine rings is 1. The Morgan fingerprint density at radius 3 is 2.78 bits per heavy atom. The number of fused-ring (bicyclic) bond motifs is 1. The van der Waals surface area contributed by atoms with Gasteiger partial charge >= 0.3 is 0 Å². The van der Waals surface area contributed by atoms with Crippen LogP contribution in [0, 0.1) is 0 Å². The topological polar surface area (TPSA) is 75.5 Å². The van der Waals surface area contributed by atoms with E-state index in [9.17, 15) is 9.59 Å². The van der Waals surface area contributed by atoms with Gasteiger partial charge in [-0.1, -0.05) is 35.9 Å². The fourth-order valence-electron chi connectivity index (χ4n) is 2.51. The van der Waals surface area contributed by atoms with Gasteiger partial charge in [0.2, 0.25) is 5.91 Å². The quantitative estimate of drug-likeness (QED) is 0.507. The molecule has 136 valence electrons. The molecule has 2 amide bonds. The number of carbonyl (C=O) groups is 2. The van der Waals surface area contributed by atoms with Gasteiger partial charge in [-0.25, -0.2) is 4.98 Å². The van der Waals surface area contributed by atoms with E-state index in [1.807, 2.05) is 24.4 Å². The number of para-hydroxylation sites is 1. The number of rotatable bonds is 6. The highest BCUT2D eigenvalue weighted by atomic mass is 35.5. The molecule has 0 saturated carbocycles. The minimum absolute atomic E-state index is 0.292. The maximum Gasteiger partial charge on any atom is 0.253 e. The molecule has 0 saturated heterocycles. The molecule has 0 fully saturated rings. The number of amides is 2. The van der Waals surface area contributed by atoms with Gasteiger partial charge in [-0.05, 0) is 30.3 Å². The third kappa shape index (κ3) is 4.24. The van der Waals surface area contributed by atoms with E-state index in [0.29, 0.717) is 34.3 Å². The molecule has 7 heteroatoms. The Balaban J connectivity index is 1.78. The molecule has 27 heavy (non-hydrogen) atoms. The van der Waals surface area contributed by atoms with Crippen molar-refractivity contribution in [3.05, 3.63) is 83.8 Å². The van der Waals surface area contributed by atoms with Gasteiger partial charge in [0.1, 0.15) is 5.65 Å². The summed E-state index contributed by atoms with van der Waals surface area (Å²) in [5.74, 6) is -0.680. The van der Waals surface area contributed by atoms with Crippen LogP contribution >= 0.6 is 11.6 Å². The van der Waals surface area contributed by atoms with Crippen molar-refractivity contribution in [1.29, 1.82) is 0 Å². The molecule has 3 aromatic rings. The molecular formula is C20H17ClN4O2. The molecule has 0 unspecified atom stereocenters. The molecule has 0 aliphatic rings. The maximum absolute atomic E-state index is 12.3. The third-order valence-electron chi connectivity index (χ3n) is 3.75. The summed E-state index contributed by atoms with van der Waals surface area (Å²) in [6, 6.07) is 12.3. The molecule has 0 spiro atoms.